The fourth-order valence-electron chi connectivity index (χ4n) is 2.55. The number of hydrogen-bond donors (Lipinski definition) is 3. The van der Waals surface area contributed by atoms with Gasteiger partial charge in [0.05, 0.1) is 17.2 Å². The number of aromatic nitrogens is 2. The smallest absolute Gasteiger partial charge is 0.320 e. The van der Waals surface area contributed by atoms with Crippen LogP contribution in [0.5, 0.6) is 5.75 Å². The molecule has 2 aromatic carbocycles. The molecular weight excluding hydrogens is 304 g/mol. The SMILES string of the molecule is CNC(=O)Nc1cnc2ccc(-c3cc(C)c(O)c(C)c3)cc2n1. The van der Waals surface area contributed by atoms with Gasteiger partial charge in [0.25, 0.3) is 0 Å². The van der Waals surface area contributed by atoms with Crippen molar-refractivity contribution in [3.05, 3.63) is 47.7 Å². The molecule has 1 aromatic heterocycles. The van der Waals surface area contributed by atoms with Gasteiger partial charge in [-0.3, -0.25) is 10.3 Å². The van der Waals surface area contributed by atoms with E-state index in [0.717, 1.165) is 27.8 Å². The zero-order valence-corrected chi connectivity index (χ0v) is 13.7. The molecule has 0 saturated heterocycles. The predicted molar refractivity (Wildman–Crippen MR) is 94.2 cm³/mol. The number of carbonyl (C=O) groups is 1. The zero-order chi connectivity index (χ0) is 17.3. The van der Waals surface area contributed by atoms with Gasteiger partial charge in [0.2, 0.25) is 0 Å². The van der Waals surface area contributed by atoms with Crippen LogP contribution in [0.15, 0.2) is 36.5 Å². The number of aryl methyl sites for hydroxylation is 2. The van der Waals surface area contributed by atoms with Gasteiger partial charge in [0.15, 0.2) is 5.82 Å². The molecule has 0 radical (unpaired) electrons. The maximum Gasteiger partial charge on any atom is 0.320 e. The van der Waals surface area contributed by atoms with Crippen LogP contribution in [0.3, 0.4) is 0 Å². The maximum atomic E-state index is 11.4. The van der Waals surface area contributed by atoms with Gasteiger partial charge in [-0.2, -0.15) is 0 Å². The van der Waals surface area contributed by atoms with Crippen molar-refractivity contribution in [2.75, 3.05) is 12.4 Å². The third kappa shape index (κ3) is 2.99. The van der Waals surface area contributed by atoms with Gasteiger partial charge in [-0.25, -0.2) is 9.78 Å². The zero-order valence-electron chi connectivity index (χ0n) is 13.7. The van der Waals surface area contributed by atoms with Crippen molar-refractivity contribution in [1.82, 2.24) is 15.3 Å². The molecule has 0 aliphatic rings. The molecule has 3 rings (SSSR count). The first-order valence-electron chi connectivity index (χ1n) is 7.54. The largest absolute Gasteiger partial charge is 0.507 e. The molecule has 1 heterocycles. The number of phenolic OH excluding ortho intramolecular Hbond substituents is 1. The summed E-state index contributed by atoms with van der Waals surface area (Å²) < 4.78 is 0. The Morgan fingerprint density at radius 2 is 1.75 bits per heavy atom. The molecule has 0 fully saturated rings. The lowest BCUT2D eigenvalue weighted by atomic mass is 9.99. The molecule has 0 aliphatic carbocycles. The van der Waals surface area contributed by atoms with Crippen LogP contribution in [0, 0.1) is 13.8 Å². The van der Waals surface area contributed by atoms with E-state index in [-0.39, 0.29) is 6.03 Å². The molecule has 0 aliphatic heterocycles. The molecule has 0 unspecified atom stereocenters. The van der Waals surface area contributed by atoms with Gasteiger partial charge in [-0.15, -0.1) is 0 Å². The van der Waals surface area contributed by atoms with Crippen LogP contribution in [0.2, 0.25) is 0 Å². The summed E-state index contributed by atoms with van der Waals surface area (Å²) in [5.41, 5.74) is 5.05. The van der Waals surface area contributed by atoms with E-state index in [2.05, 4.69) is 20.6 Å². The van der Waals surface area contributed by atoms with E-state index in [4.69, 9.17) is 0 Å². The van der Waals surface area contributed by atoms with E-state index in [1.165, 1.54) is 13.2 Å². The van der Waals surface area contributed by atoms with Gasteiger partial charge < -0.3 is 10.4 Å². The number of nitrogens with zero attached hydrogens (tertiary/aromatic N) is 2. The molecular formula is C18H18N4O2. The molecule has 3 N–H and O–H groups in total. The Labute approximate surface area is 139 Å². The molecule has 122 valence electrons. The Morgan fingerprint density at radius 1 is 1.04 bits per heavy atom. The number of fused-ring (bicyclic) bond motifs is 1. The lowest BCUT2D eigenvalue weighted by molar-refractivity contribution is 0.254. The van der Waals surface area contributed by atoms with E-state index in [1.807, 2.05) is 44.2 Å². The number of aromatic hydroxyl groups is 1. The minimum Gasteiger partial charge on any atom is -0.507 e. The molecule has 0 atom stereocenters. The topological polar surface area (TPSA) is 87.1 Å². The molecule has 0 spiro atoms. The van der Waals surface area contributed by atoms with Crippen LogP contribution in [-0.4, -0.2) is 28.2 Å². The number of rotatable bonds is 2. The van der Waals surface area contributed by atoms with Crippen molar-refractivity contribution >= 4 is 22.9 Å². The summed E-state index contributed by atoms with van der Waals surface area (Å²) in [6.07, 6.45) is 1.52. The fourth-order valence-corrected chi connectivity index (χ4v) is 2.55. The van der Waals surface area contributed by atoms with E-state index >= 15 is 0 Å². The fraction of sp³-hybridized carbons (Fsp3) is 0.167. The number of urea groups is 1. The summed E-state index contributed by atoms with van der Waals surface area (Å²) in [6, 6.07) is 9.30. The molecule has 6 heteroatoms. The molecule has 0 saturated carbocycles. The van der Waals surface area contributed by atoms with Crippen molar-refractivity contribution < 1.29 is 9.90 Å². The first-order chi connectivity index (χ1) is 11.5. The Hall–Kier alpha value is -3.15. The highest BCUT2D eigenvalue weighted by Crippen LogP contribution is 2.30. The highest BCUT2D eigenvalue weighted by atomic mass is 16.3. The summed E-state index contributed by atoms with van der Waals surface area (Å²) >= 11 is 0. The first-order valence-corrected chi connectivity index (χ1v) is 7.54. The molecule has 6 nitrogen and oxygen atoms in total. The van der Waals surface area contributed by atoms with Crippen molar-refractivity contribution in [2.24, 2.45) is 0 Å². The number of amides is 2. The van der Waals surface area contributed by atoms with Gasteiger partial charge >= 0.3 is 6.03 Å². The summed E-state index contributed by atoms with van der Waals surface area (Å²) in [6.45, 7) is 3.75. The Bertz CT molecular complexity index is 914. The molecule has 24 heavy (non-hydrogen) atoms. The number of hydrogen-bond acceptors (Lipinski definition) is 4. The highest BCUT2D eigenvalue weighted by molar-refractivity contribution is 5.89. The van der Waals surface area contributed by atoms with Gasteiger partial charge in [0.1, 0.15) is 5.75 Å². The highest BCUT2D eigenvalue weighted by Gasteiger charge is 2.08. The van der Waals surface area contributed by atoms with E-state index < -0.39 is 0 Å². The van der Waals surface area contributed by atoms with Crippen molar-refractivity contribution in [2.45, 2.75) is 13.8 Å². The van der Waals surface area contributed by atoms with Crippen LogP contribution in [-0.2, 0) is 0 Å². The summed E-state index contributed by atoms with van der Waals surface area (Å²) in [5, 5.41) is 15.0. The van der Waals surface area contributed by atoms with E-state index in [1.54, 1.807) is 0 Å². The summed E-state index contributed by atoms with van der Waals surface area (Å²) in [7, 11) is 1.54. The van der Waals surface area contributed by atoms with Crippen LogP contribution in [0.1, 0.15) is 11.1 Å². The molecule has 2 amide bonds. The van der Waals surface area contributed by atoms with Crippen LogP contribution in [0.4, 0.5) is 10.6 Å². The standard InChI is InChI=1S/C18H18N4O2/c1-10-6-13(7-11(2)17(10)23)12-4-5-14-15(8-12)21-16(9-20-14)22-18(24)19-3/h4-9,23H,1-3H3,(H2,19,21,22,24). The molecule has 3 aromatic rings. The van der Waals surface area contributed by atoms with E-state index in [9.17, 15) is 9.90 Å². The van der Waals surface area contributed by atoms with Crippen molar-refractivity contribution in [1.29, 1.82) is 0 Å². The number of benzene rings is 2. The van der Waals surface area contributed by atoms with Crippen molar-refractivity contribution in [3.8, 4) is 16.9 Å². The quantitative estimate of drug-likeness (QED) is 0.675. The normalized spacial score (nSPS) is 10.6. The summed E-state index contributed by atoms with van der Waals surface area (Å²) in [4.78, 5) is 20.1. The second kappa shape index (κ2) is 6.16. The van der Waals surface area contributed by atoms with Gasteiger partial charge in [-0.05, 0) is 60.4 Å². The predicted octanol–water partition coefficient (Wildman–Crippen LogP) is 3.37. The first kappa shape index (κ1) is 15.7. The average molecular weight is 322 g/mol. The van der Waals surface area contributed by atoms with Crippen molar-refractivity contribution in [3.63, 3.8) is 0 Å². The van der Waals surface area contributed by atoms with Crippen LogP contribution >= 0.6 is 0 Å². The third-order valence-corrected chi connectivity index (χ3v) is 3.84. The van der Waals surface area contributed by atoms with Crippen LogP contribution in [0.25, 0.3) is 22.2 Å². The molecule has 0 bridgehead atoms. The second-order valence-corrected chi connectivity index (χ2v) is 5.62. The summed E-state index contributed by atoms with van der Waals surface area (Å²) in [5.74, 6) is 0.702. The average Bonchev–Trinajstić information content (AvgIpc) is 2.58. The number of nitrogens with one attached hydrogen (secondary N) is 2. The monoisotopic (exact) mass is 322 g/mol. The lowest BCUT2D eigenvalue weighted by Gasteiger charge is -2.09. The Morgan fingerprint density at radius 3 is 2.42 bits per heavy atom. The third-order valence-electron chi connectivity index (χ3n) is 3.84. The van der Waals surface area contributed by atoms with Crippen LogP contribution < -0.4 is 10.6 Å². The minimum atomic E-state index is -0.343. The number of phenols is 1. The Balaban J connectivity index is 2.05. The maximum absolute atomic E-state index is 11.4. The minimum absolute atomic E-state index is 0.316. The lowest BCUT2D eigenvalue weighted by Crippen LogP contribution is -2.25. The van der Waals surface area contributed by atoms with Gasteiger partial charge in [0, 0.05) is 7.05 Å². The Kier molecular flexibility index (Phi) is 4.04. The number of anilines is 1. The van der Waals surface area contributed by atoms with Gasteiger partial charge in [-0.1, -0.05) is 6.07 Å². The number of carbonyl (C=O) groups excluding carboxylic acids is 1. The van der Waals surface area contributed by atoms with E-state index in [0.29, 0.717) is 17.1 Å². The second-order valence-electron chi connectivity index (χ2n) is 5.62.